The summed E-state index contributed by atoms with van der Waals surface area (Å²) in [6, 6.07) is 10.2. The van der Waals surface area contributed by atoms with E-state index in [0.29, 0.717) is 6.61 Å². The summed E-state index contributed by atoms with van der Waals surface area (Å²) < 4.78 is 12.7. The summed E-state index contributed by atoms with van der Waals surface area (Å²) in [6.45, 7) is 4.88. The summed E-state index contributed by atoms with van der Waals surface area (Å²) in [4.78, 5) is 0. The van der Waals surface area contributed by atoms with Gasteiger partial charge in [0.25, 0.3) is 0 Å². The number of benzene rings is 1. The normalized spacial score (nSPS) is 10.8. The minimum absolute atomic E-state index is 0.526. The molecule has 0 aliphatic heterocycles. The molecule has 0 radical (unpaired) electrons. The van der Waals surface area contributed by atoms with Crippen LogP contribution in [0, 0.1) is 6.92 Å². The maximum absolute atomic E-state index is 5.84. The van der Waals surface area contributed by atoms with Crippen LogP contribution in [-0.4, -0.2) is 30.0 Å². The van der Waals surface area contributed by atoms with Crippen molar-refractivity contribution in [3.63, 3.8) is 0 Å². The van der Waals surface area contributed by atoms with Crippen LogP contribution in [0.2, 0.25) is 0 Å². The van der Waals surface area contributed by atoms with Gasteiger partial charge in [-0.05, 0) is 30.7 Å². The largest absolute Gasteiger partial charge is 0.487 e. The Labute approximate surface area is 125 Å². The van der Waals surface area contributed by atoms with Crippen LogP contribution in [0.5, 0.6) is 5.75 Å². The van der Waals surface area contributed by atoms with Gasteiger partial charge in [0.1, 0.15) is 12.4 Å². The fourth-order valence-corrected chi connectivity index (χ4v) is 2.11. The zero-order valence-corrected chi connectivity index (χ0v) is 12.9. The van der Waals surface area contributed by atoms with E-state index in [2.05, 4.69) is 22.5 Å². The monoisotopic (exact) mass is 289 g/mol. The zero-order chi connectivity index (χ0) is 15.1. The van der Waals surface area contributed by atoms with Gasteiger partial charge in [-0.15, -0.1) is 0 Å². The molecule has 1 aromatic heterocycles. The van der Waals surface area contributed by atoms with E-state index in [0.717, 1.165) is 36.8 Å². The van der Waals surface area contributed by atoms with Gasteiger partial charge in [0.05, 0.1) is 18.0 Å². The second-order valence-electron chi connectivity index (χ2n) is 5.01. The first-order valence-corrected chi connectivity index (χ1v) is 7.10. The fourth-order valence-electron chi connectivity index (χ4n) is 2.11. The highest BCUT2D eigenvalue weighted by Gasteiger charge is 2.03. The Kier molecular flexibility index (Phi) is 5.78. The van der Waals surface area contributed by atoms with Crippen molar-refractivity contribution in [1.82, 2.24) is 15.1 Å². The lowest BCUT2D eigenvalue weighted by atomic mass is 10.2. The van der Waals surface area contributed by atoms with E-state index in [1.165, 1.54) is 5.56 Å². The van der Waals surface area contributed by atoms with Crippen molar-refractivity contribution in [1.29, 1.82) is 0 Å². The van der Waals surface area contributed by atoms with Gasteiger partial charge in [0.15, 0.2) is 0 Å². The van der Waals surface area contributed by atoms with Gasteiger partial charge < -0.3 is 14.8 Å². The van der Waals surface area contributed by atoms with Crippen LogP contribution in [0.1, 0.15) is 17.0 Å². The van der Waals surface area contributed by atoms with Crippen LogP contribution in [0.25, 0.3) is 0 Å². The highest BCUT2D eigenvalue weighted by molar-refractivity contribution is 5.28. The second-order valence-corrected chi connectivity index (χ2v) is 5.01. The lowest BCUT2D eigenvalue weighted by Gasteiger charge is -2.09. The molecule has 0 unspecified atom stereocenters. The Morgan fingerprint density at radius 3 is 2.86 bits per heavy atom. The first kappa shape index (κ1) is 15.5. The molecule has 21 heavy (non-hydrogen) atoms. The summed E-state index contributed by atoms with van der Waals surface area (Å²) in [5, 5.41) is 7.64. The van der Waals surface area contributed by atoms with Crippen LogP contribution >= 0.6 is 0 Å². The minimum atomic E-state index is 0.526. The van der Waals surface area contributed by atoms with Gasteiger partial charge in [-0.1, -0.05) is 12.1 Å². The number of nitrogens with zero attached hydrogens (tertiary/aromatic N) is 2. The van der Waals surface area contributed by atoms with Crippen molar-refractivity contribution in [2.75, 3.05) is 20.3 Å². The predicted octanol–water partition coefficient (Wildman–Crippen LogP) is 2.04. The zero-order valence-electron chi connectivity index (χ0n) is 12.9. The summed E-state index contributed by atoms with van der Waals surface area (Å²) >= 11 is 0. The number of ether oxygens (including phenoxy) is 2. The molecule has 0 saturated heterocycles. The van der Waals surface area contributed by atoms with Crippen LogP contribution in [0.3, 0.4) is 0 Å². The molecule has 0 aliphatic carbocycles. The van der Waals surface area contributed by atoms with Crippen LogP contribution in [0.15, 0.2) is 30.3 Å². The van der Waals surface area contributed by atoms with Crippen molar-refractivity contribution in [2.45, 2.75) is 20.1 Å². The Bertz CT molecular complexity index is 566. The number of hydrogen-bond acceptors (Lipinski definition) is 4. The molecule has 0 saturated carbocycles. The molecule has 5 nitrogen and oxygen atoms in total. The Balaban J connectivity index is 1.87. The molecule has 5 heteroatoms. The molecule has 0 bridgehead atoms. The van der Waals surface area contributed by atoms with E-state index in [1.54, 1.807) is 7.11 Å². The molecular weight excluding hydrogens is 266 g/mol. The van der Waals surface area contributed by atoms with Crippen LogP contribution in [0.4, 0.5) is 0 Å². The minimum Gasteiger partial charge on any atom is -0.487 e. The SMILES string of the molecule is COCCNCc1cccc(OCc2cc(C)nn2C)c1. The third-order valence-electron chi connectivity index (χ3n) is 3.20. The topological polar surface area (TPSA) is 48.3 Å². The third-order valence-corrected chi connectivity index (χ3v) is 3.20. The first-order chi connectivity index (χ1) is 10.2. The Hall–Kier alpha value is -1.85. The van der Waals surface area contributed by atoms with E-state index >= 15 is 0 Å². The Morgan fingerprint density at radius 1 is 1.29 bits per heavy atom. The van der Waals surface area contributed by atoms with Crippen LogP contribution in [-0.2, 0) is 24.9 Å². The lowest BCUT2D eigenvalue weighted by molar-refractivity contribution is 0.199. The number of aromatic nitrogens is 2. The highest BCUT2D eigenvalue weighted by atomic mass is 16.5. The number of methoxy groups -OCH3 is 1. The third kappa shape index (κ3) is 4.88. The van der Waals surface area contributed by atoms with Crippen molar-refractivity contribution < 1.29 is 9.47 Å². The molecule has 0 amide bonds. The number of nitrogens with one attached hydrogen (secondary N) is 1. The van der Waals surface area contributed by atoms with Gasteiger partial charge in [-0.2, -0.15) is 5.10 Å². The van der Waals surface area contributed by atoms with E-state index in [9.17, 15) is 0 Å². The molecule has 114 valence electrons. The molecule has 2 aromatic rings. The van der Waals surface area contributed by atoms with Gasteiger partial charge in [0.2, 0.25) is 0 Å². The quantitative estimate of drug-likeness (QED) is 0.756. The van der Waals surface area contributed by atoms with Gasteiger partial charge >= 0.3 is 0 Å². The molecular formula is C16H23N3O2. The van der Waals surface area contributed by atoms with Crippen molar-refractivity contribution in [2.24, 2.45) is 7.05 Å². The van der Waals surface area contributed by atoms with Crippen molar-refractivity contribution in [3.8, 4) is 5.75 Å². The standard InChI is InChI=1S/C16H23N3O2/c1-13-9-15(19(2)18-13)12-21-16-6-4-5-14(10-16)11-17-7-8-20-3/h4-6,9-10,17H,7-8,11-12H2,1-3H3. The molecule has 1 N–H and O–H groups in total. The Morgan fingerprint density at radius 2 is 2.14 bits per heavy atom. The van der Waals surface area contributed by atoms with Gasteiger partial charge in [-0.3, -0.25) is 4.68 Å². The molecule has 0 fully saturated rings. The summed E-state index contributed by atoms with van der Waals surface area (Å²) in [7, 11) is 3.64. The molecule has 2 rings (SSSR count). The van der Waals surface area contributed by atoms with Crippen molar-refractivity contribution >= 4 is 0 Å². The average Bonchev–Trinajstić information content (AvgIpc) is 2.80. The summed E-state index contributed by atoms with van der Waals surface area (Å²) in [6.07, 6.45) is 0. The fraction of sp³-hybridized carbons (Fsp3) is 0.438. The average molecular weight is 289 g/mol. The second kappa shape index (κ2) is 7.81. The summed E-state index contributed by atoms with van der Waals surface area (Å²) in [5.74, 6) is 0.875. The van der Waals surface area contributed by atoms with Gasteiger partial charge in [0, 0.05) is 27.2 Å². The molecule has 1 heterocycles. The van der Waals surface area contributed by atoms with Gasteiger partial charge in [-0.25, -0.2) is 0 Å². The number of rotatable bonds is 8. The number of aryl methyl sites for hydroxylation is 2. The van der Waals surface area contributed by atoms with E-state index in [1.807, 2.05) is 36.9 Å². The maximum atomic E-state index is 5.84. The lowest BCUT2D eigenvalue weighted by Crippen LogP contribution is -2.18. The molecule has 0 atom stereocenters. The molecule has 0 aliphatic rings. The first-order valence-electron chi connectivity index (χ1n) is 7.10. The van der Waals surface area contributed by atoms with E-state index < -0.39 is 0 Å². The number of hydrogen-bond donors (Lipinski definition) is 1. The van der Waals surface area contributed by atoms with Crippen LogP contribution < -0.4 is 10.1 Å². The van der Waals surface area contributed by atoms with Crippen molar-refractivity contribution in [3.05, 3.63) is 47.3 Å². The highest BCUT2D eigenvalue weighted by Crippen LogP contribution is 2.15. The predicted molar refractivity (Wildman–Crippen MR) is 82.3 cm³/mol. The maximum Gasteiger partial charge on any atom is 0.130 e. The summed E-state index contributed by atoms with van der Waals surface area (Å²) in [5.41, 5.74) is 3.27. The smallest absolute Gasteiger partial charge is 0.130 e. The van der Waals surface area contributed by atoms with E-state index in [4.69, 9.17) is 9.47 Å². The van der Waals surface area contributed by atoms with E-state index in [-0.39, 0.29) is 0 Å². The molecule has 1 aromatic carbocycles. The molecule has 0 spiro atoms.